The Labute approximate surface area is 126 Å². The maximum absolute atomic E-state index is 12.3. The van der Waals surface area contributed by atoms with Gasteiger partial charge in [-0.1, -0.05) is 18.2 Å². The largest absolute Gasteiger partial charge is 0.439 e. The molecule has 0 spiro atoms. The minimum atomic E-state index is -0.306. The fraction of sp³-hybridized carbons (Fsp3) is 0.118. The van der Waals surface area contributed by atoms with Crippen molar-refractivity contribution in [3.8, 4) is 0 Å². The smallest absolute Gasteiger partial charge is 0.262 e. The highest BCUT2D eigenvalue weighted by Crippen LogP contribution is 2.25. The minimum absolute atomic E-state index is 0.0417. The van der Waals surface area contributed by atoms with Gasteiger partial charge in [-0.05, 0) is 36.8 Å². The van der Waals surface area contributed by atoms with Crippen LogP contribution in [-0.2, 0) is 6.54 Å². The third-order valence-corrected chi connectivity index (χ3v) is 3.76. The normalized spacial score (nSPS) is 14.0. The summed E-state index contributed by atoms with van der Waals surface area (Å²) in [7, 11) is 0. The summed E-state index contributed by atoms with van der Waals surface area (Å²) in [4.78, 5) is 30.2. The van der Waals surface area contributed by atoms with E-state index in [1.54, 1.807) is 24.3 Å². The molecule has 2 amide bonds. The van der Waals surface area contributed by atoms with Crippen LogP contribution in [0.5, 0.6) is 0 Å². The van der Waals surface area contributed by atoms with Crippen molar-refractivity contribution in [3.63, 3.8) is 0 Å². The molecular weight excluding hydrogens is 280 g/mol. The number of aryl methyl sites for hydroxylation is 1. The second-order valence-corrected chi connectivity index (χ2v) is 5.32. The molecule has 0 fully saturated rings. The van der Waals surface area contributed by atoms with Crippen LogP contribution in [0, 0.1) is 6.92 Å². The van der Waals surface area contributed by atoms with Crippen LogP contribution in [0.4, 0.5) is 0 Å². The van der Waals surface area contributed by atoms with Gasteiger partial charge in [-0.15, -0.1) is 0 Å². The summed E-state index contributed by atoms with van der Waals surface area (Å²) >= 11 is 0. The number of carbonyl (C=O) groups excluding carboxylic acids is 2. The van der Waals surface area contributed by atoms with Crippen LogP contribution in [0.25, 0.3) is 11.1 Å². The molecule has 1 aromatic heterocycles. The molecule has 5 heteroatoms. The van der Waals surface area contributed by atoms with Crippen molar-refractivity contribution in [2.45, 2.75) is 13.5 Å². The molecule has 0 aliphatic carbocycles. The molecule has 0 unspecified atom stereocenters. The fourth-order valence-corrected chi connectivity index (χ4v) is 2.67. The summed E-state index contributed by atoms with van der Waals surface area (Å²) in [6.07, 6.45) is 0. The first-order chi connectivity index (χ1) is 10.6. The Hall–Kier alpha value is -2.95. The van der Waals surface area contributed by atoms with Crippen molar-refractivity contribution in [2.24, 2.45) is 0 Å². The quantitative estimate of drug-likeness (QED) is 0.681. The first kappa shape index (κ1) is 12.8. The summed E-state index contributed by atoms with van der Waals surface area (Å²) in [6.45, 7) is 2.01. The van der Waals surface area contributed by atoms with Crippen LogP contribution >= 0.6 is 0 Å². The molecule has 0 bridgehead atoms. The van der Waals surface area contributed by atoms with Gasteiger partial charge in [0.25, 0.3) is 11.8 Å². The fourth-order valence-electron chi connectivity index (χ4n) is 2.67. The van der Waals surface area contributed by atoms with Gasteiger partial charge in [0.2, 0.25) is 5.89 Å². The van der Waals surface area contributed by atoms with Gasteiger partial charge in [-0.3, -0.25) is 14.5 Å². The number of nitrogens with zero attached hydrogens (tertiary/aromatic N) is 2. The van der Waals surface area contributed by atoms with Gasteiger partial charge < -0.3 is 4.42 Å². The third kappa shape index (κ3) is 1.83. The van der Waals surface area contributed by atoms with Gasteiger partial charge in [0, 0.05) is 0 Å². The van der Waals surface area contributed by atoms with Gasteiger partial charge in [-0.25, -0.2) is 4.98 Å². The molecular formula is C17H12N2O3. The molecule has 0 N–H and O–H groups in total. The summed E-state index contributed by atoms with van der Waals surface area (Å²) in [6, 6.07) is 12.5. The highest BCUT2D eigenvalue weighted by molar-refractivity contribution is 6.21. The zero-order chi connectivity index (χ0) is 15.3. The molecule has 108 valence electrons. The molecule has 0 saturated heterocycles. The van der Waals surface area contributed by atoms with Gasteiger partial charge in [0.1, 0.15) is 12.1 Å². The van der Waals surface area contributed by atoms with Crippen LogP contribution in [0.15, 0.2) is 46.9 Å². The predicted molar refractivity (Wildman–Crippen MR) is 79.4 cm³/mol. The van der Waals surface area contributed by atoms with E-state index >= 15 is 0 Å². The van der Waals surface area contributed by atoms with Crippen LogP contribution in [-0.4, -0.2) is 21.7 Å². The van der Waals surface area contributed by atoms with Gasteiger partial charge >= 0.3 is 0 Å². The Bertz CT molecular complexity index is 892. The van der Waals surface area contributed by atoms with E-state index in [4.69, 9.17) is 4.42 Å². The van der Waals surface area contributed by atoms with Crippen molar-refractivity contribution in [1.29, 1.82) is 0 Å². The second-order valence-electron chi connectivity index (χ2n) is 5.32. The maximum Gasteiger partial charge on any atom is 0.262 e. The summed E-state index contributed by atoms with van der Waals surface area (Å²) in [5.74, 6) is -0.256. The zero-order valence-electron chi connectivity index (χ0n) is 11.9. The van der Waals surface area contributed by atoms with Crippen molar-refractivity contribution in [1.82, 2.24) is 9.88 Å². The molecule has 0 saturated carbocycles. The number of benzene rings is 2. The van der Waals surface area contributed by atoms with Crippen LogP contribution in [0.3, 0.4) is 0 Å². The molecule has 22 heavy (non-hydrogen) atoms. The molecule has 1 aliphatic rings. The summed E-state index contributed by atoms with van der Waals surface area (Å²) in [5.41, 5.74) is 3.32. The van der Waals surface area contributed by atoms with Crippen molar-refractivity contribution >= 4 is 22.9 Å². The lowest BCUT2D eigenvalue weighted by Gasteiger charge is -2.10. The highest BCUT2D eigenvalue weighted by Gasteiger charge is 2.35. The number of carbonyl (C=O) groups is 2. The highest BCUT2D eigenvalue weighted by atomic mass is 16.3. The minimum Gasteiger partial charge on any atom is -0.439 e. The number of rotatable bonds is 2. The SMILES string of the molecule is Cc1ccc2oc(CN3C(=O)c4ccccc4C3=O)nc2c1. The lowest BCUT2D eigenvalue weighted by atomic mass is 10.1. The van der Waals surface area contributed by atoms with Crippen molar-refractivity contribution in [2.75, 3.05) is 0 Å². The molecule has 2 heterocycles. The number of oxazole rings is 1. The number of aromatic nitrogens is 1. The van der Waals surface area contributed by atoms with E-state index in [1.165, 1.54) is 4.90 Å². The Balaban J connectivity index is 1.69. The van der Waals surface area contributed by atoms with Gasteiger partial charge in [-0.2, -0.15) is 0 Å². The molecule has 3 aromatic rings. The average Bonchev–Trinajstić information content (AvgIpc) is 3.02. The molecule has 2 aromatic carbocycles. The van der Waals surface area contributed by atoms with E-state index in [-0.39, 0.29) is 18.4 Å². The van der Waals surface area contributed by atoms with Gasteiger partial charge in [0.15, 0.2) is 5.58 Å². The monoisotopic (exact) mass is 292 g/mol. The number of fused-ring (bicyclic) bond motifs is 2. The average molecular weight is 292 g/mol. The standard InChI is InChI=1S/C17H12N2O3/c1-10-6-7-14-13(8-10)18-15(22-14)9-19-16(20)11-4-2-3-5-12(11)17(19)21/h2-8H,9H2,1H3. The Morgan fingerprint density at radius 3 is 2.41 bits per heavy atom. The van der Waals surface area contributed by atoms with E-state index in [2.05, 4.69) is 4.98 Å². The number of imide groups is 1. The van der Waals surface area contributed by atoms with Gasteiger partial charge in [0.05, 0.1) is 11.1 Å². The molecule has 0 radical (unpaired) electrons. The van der Waals surface area contributed by atoms with Crippen molar-refractivity contribution < 1.29 is 14.0 Å². The zero-order valence-corrected chi connectivity index (χ0v) is 11.9. The van der Waals surface area contributed by atoms with E-state index in [0.29, 0.717) is 22.6 Å². The maximum atomic E-state index is 12.3. The van der Waals surface area contributed by atoms with E-state index in [0.717, 1.165) is 11.1 Å². The summed E-state index contributed by atoms with van der Waals surface area (Å²) in [5, 5.41) is 0. The molecule has 1 aliphatic heterocycles. The van der Waals surface area contributed by atoms with E-state index in [1.807, 2.05) is 25.1 Å². The lowest BCUT2D eigenvalue weighted by molar-refractivity contribution is 0.0629. The second kappa shape index (κ2) is 4.53. The Morgan fingerprint density at radius 2 is 1.73 bits per heavy atom. The van der Waals surface area contributed by atoms with E-state index in [9.17, 15) is 9.59 Å². The number of amides is 2. The van der Waals surface area contributed by atoms with Crippen LogP contribution in [0.1, 0.15) is 32.2 Å². The van der Waals surface area contributed by atoms with Crippen LogP contribution in [0.2, 0.25) is 0 Å². The lowest BCUT2D eigenvalue weighted by Crippen LogP contribution is -2.29. The predicted octanol–water partition coefficient (Wildman–Crippen LogP) is 2.93. The summed E-state index contributed by atoms with van der Waals surface area (Å²) < 4.78 is 5.62. The Kier molecular flexibility index (Phi) is 2.63. The third-order valence-electron chi connectivity index (χ3n) is 3.76. The first-order valence-corrected chi connectivity index (χ1v) is 6.95. The Morgan fingerprint density at radius 1 is 1.05 bits per heavy atom. The van der Waals surface area contributed by atoms with Crippen molar-refractivity contribution in [3.05, 3.63) is 65.0 Å². The first-order valence-electron chi connectivity index (χ1n) is 6.95. The molecule has 0 atom stereocenters. The topological polar surface area (TPSA) is 63.4 Å². The molecule has 5 nitrogen and oxygen atoms in total. The molecule has 4 rings (SSSR count). The number of hydrogen-bond acceptors (Lipinski definition) is 4. The van der Waals surface area contributed by atoms with E-state index < -0.39 is 0 Å². The van der Waals surface area contributed by atoms with Crippen LogP contribution < -0.4 is 0 Å². The number of hydrogen-bond donors (Lipinski definition) is 0.